The van der Waals surface area contributed by atoms with Gasteiger partial charge < -0.3 is 14.5 Å². The molecule has 0 radical (unpaired) electrons. The van der Waals surface area contributed by atoms with Gasteiger partial charge in [-0.1, -0.05) is 12.1 Å². The molecule has 2 aliphatic rings. The van der Waals surface area contributed by atoms with Gasteiger partial charge >= 0.3 is 0 Å². The molecule has 0 aliphatic heterocycles. The summed E-state index contributed by atoms with van der Waals surface area (Å²) in [6.07, 6.45) is 10.2. The molecule has 2 saturated carbocycles. The second-order valence-corrected chi connectivity index (χ2v) is 8.66. The van der Waals surface area contributed by atoms with Crippen LogP contribution in [0.2, 0.25) is 0 Å². The first-order valence-electron chi connectivity index (χ1n) is 11.0. The number of anilines is 1. The highest BCUT2D eigenvalue weighted by atomic mass is 16.1. The molecule has 3 aromatic heterocycles. The summed E-state index contributed by atoms with van der Waals surface area (Å²) in [5.41, 5.74) is 4.25. The quantitative estimate of drug-likeness (QED) is 0.497. The van der Waals surface area contributed by atoms with Gasteiger partial charge in [0.25, 0.3) is 5.91 Å². The third kappa shape index (κ3) is 3.57. The molecule has 3 heterocycles. The maximum absolute atomic E-state index is 13.2. The molecule has 0 spiro atoms. The van der Waals surface area contributed by atoms with Crippen molar-refractivity contribution in [2.45, 2.75) is 44.6 Å². The second kappa shape index (κ2) is 7.40. The highest BCUT2D eigenvalue weighted by molar-refractivity contribution is 6.06. The van der Waals surface area contributed by atoms with Crippen LogP contribution >= 0.6 is 0 Å². The molecule has 0 saturated heterocycles. The Bertz CT molecular complexity index is 1310. The van der Waals surface area contributed by atoms with Gasteiger partial charge in [0, 0.05) is 18.2 Å². The summed E-state index contributed by atoms with van der Waals surface area (Å²) in [5, 5.41) is 11.2. The van der Waals surface area contributed by atoms with E-state index >= 15 is 0 Å². The van der Waals surface area contributed by atoms with Gasteiger partial charge in [0.2, 0.25) is 0 Å². The molecular weight excluding hydrogens is 402 g/mol. The van der Waals surface area contributed by atoms with Crippen LogP contribution in [0.15, 0.2) is 55.2 Å². The Balaban J connectivity index is 1.29. The third-order valence-corrected chi connectivity index (χ3v) is 6.01. The van der Waals surface area contributed by atoms with E-state index in [2.05, 4.69) is 30.0 Å². The van der Waals surface area contributed by atoms with E-state index < -0.39 is 0 Å². The lowest BCUT2D eigenvalue weighted by Crippen LogP contribution is -2.16. The van der Waals surface area contributed by atoms with Gasteiger partial charge in [-0.05, 0) is 62.4 Å². The Morgan fingerprint density at radius 3 is 2.78 bits per heavy atom. The van der Waals surface area contributed by atoms with E-state index in [1.165, 1.54) is 12.8 Å². The number of imidazole rings is 1. The van der Waals surface area contributed by atoms with Crippen LogP contribution in [0, 0.1) is 6.92 Å². The van der Waals surface area contributed by atoms with Crippen LogP contribution in [0.4, 0.5) is 5.82 Å². The molecule has 6 rings (SSSR count). The van der Waals surface area contributed by atoms with Crippen molar-refractivity contribution in [3.05, 3.63) is 72.1 Å². The van der Waals surface area contributed by atoms with Crippen molar-refractivity contribution in [3.8, 4) is 17.2 Å². The zero-order chi connectivity index (χ0) is 21.7. The summed E-state index contributed by atoms with van der Waals surface area (Å²) in [7, 11) is 0. The first-order valence-corrected chi connectivity index (χ1v) is 11.0. The van der Waals surface area contributed by atoms with Gasteiger partial charge in [-0.3, -0.25) is 4.79 Å². The minimum absolute atomic E-state index is 0.213. The topological polar surface area (TPSA) is 90.5 Å². The SMILES string of the molecule is Cc1ccc(C(=O)Nc2cccc(-c3nncn3C3CC3)n2)c(-n2cnc(C3CC3)c2)c1. The van der Waals surface area contributed by atoms with E-state index in [-0.39, 0.29) is 5.91 Å². The number of amides is 1. The summed E-state index contributed by atoms with van der Waals surface area (Å²) in [5.74, 6) is 1.55. The number of hydrogen-bond acceptors (Lipinski definition) is 5. The predicted molar refractivity (Wildman–Crippen MR) is 120 cm³/mol. The fourth-order valence-corrected chi connectivity index (χ4v) is 3.97. The van der Waals surface area contributed by atoms with Crippen molar-refractivity contribution in [1.29, 1.82) is 0 Å². The first-order chi connectivity index (χ1) is 15.7. The second-order valence-electron chi connectivity index (χ2n) is 8.66. The van der Waals surface area contributed by atoms with Crippen molar-refractivity contribution < 1.29 is 4.79 Å². The van der Waals surface area contributed by atoms with Crippen molar-refractivity contribution in [3.63, 3.8) is 0 Å². The fourth-order valence-electron chi connectivity index (χ4n) is 3.97. The highest BCUT2D eigenvalue weighted by Crippen LogP contribution is 2.39. The number of pyridine rings is 1. The van der Waals surface area contributed by atoms with E-state index in [0.29, 0.717) is 29.0 Å². The predicted octanol–water partition coefficient (Wildman–Crippen LogP) is 4.30. The number of carbonyl (C=O) groups excluding carboxylic acids is 1. The van der Waals surface area contributed by atoms with E-state index in [4.69, 9.17) is 0 Å². The number of aryl methyl sites for hydroxylation is 1. The number of benzene rings is 1. The lowest BCUT2D eigenvalue weighted by Gasteiger charge is -2.12. The van der Waals surface area contributed by atoms with Crippen molar-refractivity contribution in [2.24, 2.45) is 0 Å². The number of aromatic nitrogens is 6. The Hall–Kier alpha value is -3.81. The monoisotopic (exact) mass is 425 g/mol. The van der Waals surface area contributed by atoms with Gasteiger partial charge in [-0.2, -0.15) is 0 Å². The van der Waals surface area contributed by atoms with E-state index in [1.54, 1.807) is 18.7 Å². The van der Waals surface area contributed by atoms with E-state index in [0.717, 1.165) is 35.6 Å². The normalized spacial score (nSPS) is 15.7. The third-order valence-electron chi connectivity index (χ3n) is 6.01. The molecule has 0 bridgehead atoms. The molecule has 32 heavy (non-hydrogen) atoms. The minimum Gasteiger partial charge on any atom is -0.309 e. The van der Waals surface area contributed by atoms with Crippen LogP contribution in [0.3, 0.4) is 0 Å². The van der Waals surface area contributed by atoms with Crippen LogP contribution in [0.1, 0.15) is 59.3 Å². The minimum atomic E-state index is -0.213. The van der Waals surface area contributed by atoms with Crippen LogP contribution < -0.4 is 5.32 Å². The van der Waals surface area contributed by atoms with Gasteiger partial charge in [-0.25, -0.2) is 9.97 Å². The van der Waals surface area contributed by atoms with E-state index in [1.807, 2.05) is 48.0 Å². The summed E-state index contributed by atoms with van der Waals surface area (Å²) in [6, 6.07) is 11.8. The lowest BCUT2D eigenvalue weighted by molar-refractivity contribution is 0.102. The van der Waals surface area contributed by atoms with Gasteiger partial charge in [0.1, 0.15) is 17.8 Å². The summed E-state index contributed by atoms with van der Waals surface area (Å²) >= 11 is 0. The maximum atomic E-state index is 13.2. The molecule has 4 aromatic rings. The molecule has 0 atom stereocenters. The zero-order valence-corrected chi connectivity index (χ0v) is 17.8. The number of nitrogens with zero attached hydrogens (tertiary/aromatic N) is 6. The molecular formula is C24H23N7O. The zero-order valence-electron chi connectivity index (χ0n) is 17.8. The van der Waals surface area contributed by atoms with Crippen LogP contribution in [0.25, 0.3) is 17.2 Å². The van der Waals surface area contributed by atoms with Crippen molar-refractivity contribution in [2.75, 3.05) is 5.32 Å². The summed E-state index contributed by atoms with van der Waals surface area (Å²) < 4.78 is 4.00. The van der Waals surface area contributed by atoms with Gasteiger partial charge in [0.15, 0.2) is 5.82 Å². The summed E-state index contributed by atoms with van der Waals surface area (Å²) in [6.45, 7) is 2.02. The lowest BCUT2D eigenvalue weighted by atomic mass is 10.1. The Morgan fingerprint density at radius 2 is 1.97 bits per heavy atom. The molecule has 2 aliphatic carbocycles. The number of nitrogens with one attached hydrogen (secondary N) is 1. The molecule has 1 amide bonds. The smallest absolute Gasteiger partial charge is 0.258 e. The average molecular weight is 425 g/mol. The largest absolute Gasteiger partial charge is 0.309 e. The standard InChI is InChI=1S/C24H23N7O/c1-15-5-10-18(21(11-15)30-12-20(25-13-30)16-6-7-16)24(32)28-22-4-2-3-19(27-22)23-29-26-14-31(23)17-8-9-17/h2-5,10-14,16-17H,6-9H2,1H3,(H,27,28,32). The molecule has 1 aromatic carbocycles. The van der Waals surface area contributed by atoms with E-state index in [9.17, 15) is 4.79 Å². The van der Waals surface area contributed by atoms with Crippen LogP contribution in [0.5, 0.6) is 0 Å². The van der Waals surface area contributed by atoms with Crippen LogP contribution in [-0.4, -0.2) is 35.2 Å². The Kier molecular flexibility index (Phi) is 4.38. The Labute approximate surface area is 185 Å². The average Bonchev–Trinajstić information content (AvgIpc) is 3.73. The Morgan fingerprint density at radius 1 is 1.09 bits per heavy atom. The van der Waals surface area contributed by atoms with Crippen molar-refractivity contribution in [1.82, 2.24) is 29.3 Å². The molecule has 8 heteroatoms. The first kappa shape index (κ1) is 18.9. The number of rotatable bonds is 6. The van der Waals surface area contributed by atoms with Gasteiger partial charge in [0.05, 0.1) is 23.3 Å². The molecule has 1 N–H and O–H groups in total. The number of hydrogen-bond donors (Lipinski definition) is 1. The number of carbonyl (C=O) groups is 1. The molecule has 160 valence electrons. The molecule has 2 fully saturated rings. The summed E-state index contributed by atoms with van der Waals surface area (Å²) in [4.78, 5) is 22.4. The van der Waals surface area contributed by atoms with Crippen molar-refractivity contribution >= 4 is 11.7 Å². The fraction of sp³-hybridized carbons (Fsp3) is 0.292. The molecule has 8 nitrogen and oxygen atoms in total. The van der Waals surface area contributed by atoms with Gasteiger partial charge in [-0.15, -0.1) is 10.2 Å². The maximum Gasteiger partial charge on any atom is 0.258 e. The highest BCUT2D eigenvalue weighted by Gasteiger charge is 2.28. The van der Waals surface area contributed by atoms with Crippen LogP contribution in [-0.2, 0) is 0 Å². The molecule has 0 unspecified atom stereocenters.